The molecule has 0 fully saturated rings. The Labute approximate surface area is 127 Å². The summed E-state index contributed by atoms with van der Waals surface area (Å²) in [7, 11) is 0. The number of fused-ring (bicyclic) bond motifs is 1. The molecule has 0 amide bonds. The van der Waals surface area contributed by atoms with Crippen molar-refractivity contribution in [2.75, 3.05) is 18.1 Å². The molecule has 2 aromatic rings. The lowest BCUT2D eigenvalue weighted by Crippen LogP contribution is -2.32. The number of hydrogen-bond donors (Lipinski definition) is 1. The Morgan fingerprint density at radius 1 is 1.35 bits per heavy atom. The van der Waals surface area contributed by atoms with Gasteiger partial charge in [-0.25, -0.2) is 4.98 Å². The first-order chi connectivity index (χ1) is 9.55. The van der Waals surface area contributed by atoms with Crippen LogP contribution in [-0.4, -0.2) is 28.2 Å². The molecule has 1 aromatic heterocycles. The molecule has 0 spiro atoms. The molecule has 2 heterocycles. The third-order valence-corrected chi connectivity index (χ3v) is 4.10. The maximum absolute atomic E-state index is 9.74. The second-order valence-electron chi connectivity index (χ2n) is 5.13. The SMILES string of the molecule is CC1(CO)CN(c2nc(Cl)ncc2Cl)c2ccccc21. The summed E-state index contributed by atoms with van der Waals surface area (Å²) in [5.41, 5.74) is 1.71. The van der Waals surface area contributed by atoms with Crippen molar-refractivity contribution in [3.8, 4) is 0 Å². The number of para-hydroxylation sites is 1. The molecule has 3 rings (SSSR count). The van der Waals surface area contributed by atoms with Gasteiger partial charge in [0.05, 0.1) is 12.8 Å². The minimum atomic E-state index is -0.350. The third-order valence-electron chi connectivity index (χ3n) is 3.65. The van der Waals surface area contributed by atoms with Crippen LogP contribution in [-0.2, 0) is 5.41 Å². The molecule has 1 unspecified atom stereocenters. The van der Waals surface area contributed by atoms with Gasteiger partial charge in [-0.3, -0.25) is 0 Å². The Kier molecular flexibility index (Phi) is 3.32. The summed E-state index contributed by atoms with van der Waals surface area (Å²) in [4.78, 5) is 10.1. The van der Waals surface area contributed by atoms with Gasteiger partial charge in [0.25, 0.3) is 0 Å². The van der Waals surface area contributed by atoms with Crippen molar-refractivity contribution in [3.63, 3.8) is 0 Å². The first-order valence-corrected chi connectivity index (χ1v) is 6.97. The van der Waals surface area contributed by atoms with E-state index in [9.17, 15) is 5.11 Å². The predicted octanol–water partition coefficient (Wildman–Crippen LogP) is 3.19. The third kappa shape index (κ3) is 2.04. The van der Waals surface area contributed by atoms with Crippen LogP contribution in [0.1, 0.15) is 12.5 Å². The summed E-state index contributed by atoms with van der Waals surface area (Å²) in [6.45, 7) is 2.66. The molecule has 1 aliphatic heterocycles. The van der Waals surface area contributed by atoms with Crippen LogP contribution >= 0.6 is 23.2 Å². The molecule has 1 N–H and O–H groups in total. The molecule has 1 aliphatic rings. The van der Waals surface area contributed by atoms with Gasteiger partial charge in [0.1, 0.15) is 5.02 Å². The fraction of sp³-hybridized carbons (Fsp3) is 0.286. The molecular weight excluding hydrogens is 297 g/mol. The highest BCUT2D eigenvalue weighted by Gasteiger charge is 2.39. The lowest BCUT2D eigenvalue weighted by Gasteiger charge is -2.24. The van der Waals surface area contributed by atoms with Crippen LogP contribution in [0.5, 0.6) is 0 Å². The van der Waals surface area contributed by atoms with Gasteiger partial charge in [0.15, 0.2) is 5.82 Å². The number of halogens is 2. The van der Waals surface area contributed by atoms with Crippen LogP contribution in [0.3, 0.4) is 0 Å². The van der Waals surface area contributed by atoms with Crippen LogP contribution in [0.2, 0.25) is 10.3 Å². The van der Waals surface area contributed by atoms with Crippen LogP contribution < -0.4 is 4.90 Å². The molecule has 0 bridgehead atoms. The first kappa shape index (κ1) is 13.6. The zero-order valence-electron chi connectivity index (χ0n) is 10.8. The van der Waals surface area contributed by atoms with Crippen molar-refractivity contribution in [3.05, 3.63) is 46.3 Å². The summed E-state index contributed by atoms with van der Waals surface area (Å²) in [5.74, 6) is 0.566. The average Bonchev–Trinajstić information content (AvgIpc) is 2.76. The minimum Gasteiger partial charge on any atom is -0.395 e. The number of anilines is 2. The average molecular weight is 310 g/mol. The van der Waals surface area contributed by atoms with Crippen molar-refractivity contribution in [2.24, 2.45) is 0 Å². The summed E-state index contributed by atoms with van der Waals surface area (Å²) in [5, 5.41) is 10.3. The summed E-state index contributed by atoms with van der Waals surface area (Å²) in [6.07, 6.45) is 1.49. The predicted molar refractivity (Wildman–Crippen MR) is 79.9 cm³/mol. The highest BCUT2D eigenvalue weighted by Crippen LogP contribution is 2.45. The topological polar surface area (TPSA) is 49.2 Å². The van der Waals surface area contributed by atoms with Gasteiger partial charge < -0.3 is 10.0 Å². The summed E-state index contributed by atoms with van der Waals surface area (Å²) >= 11 is 12.1. The van der Waals surface area contributed by atoms with E-state index >= 15 is 0 Å². The van der Waals surface area contributed by atoms with E-state index in [-0.39, 0.29) is 17.3 Å². The molecule has 4 nitrogen and oxygen atoms in total. The summed E-state index contributed by atoms with van der Waals surface area (Å²) < 4.78 is 0. The second-order valence-corrected chi connectivity index (χ2v) is 5.88. The Morgan fingerprint density at radius 2 is 2.10 bits per heavy atom. The zero-order chi connectivity index (χ0) is 14.3. The molecule has 1 atom stereocenters. The normalized spacial score (nSPS) is 21.1. The van der Waals surface area contributed by atoms with Gasteiger partial charge in [-0.05, 0) is 23.2 Å². The molecular formula is C14H13Cl2N3O. The summed E-state index contributed by atoms with van der Waals surface area (Å²) in [6, 6.07) is 7.92. The van der Waals surface area contributed by atoms with Crippen molar-refractivity contribution in [1.29, 1.82) is 0 Å². The molecule has 0 radical (unpaired) electrons. The van der Waals surface area contributed by atoms with Gasteiger partial charge in [0, 0.05) is 17.6 Å². The standard InChI is InChI=1S/C14H13Cl2N3O/c1-14(8-20)7-19(11-5-3-2-4-9(11)14)12-10(15)6-17-13(16)18-12/h2-6,20H,7-8H2,1H3. The van der Waals surface area contributed by atoms with Gasteiger partial charge in [-0.1, -0.05) is 36.7 Å². The quantitative estimate of drug-likeness (QED) is 0.866. The molecule has 1 aromatic carbocycles. The molecule has 0 saturated heterocycles. The number of aliphatic hydroxyl groups is 1. The van der Waals surface area contributed by atoms with Crippen LogP contribution in [0.4, 0.5) is 11.5 Å². The van der Waals surface area contributed by atoms with Crippen molar-refractivity contribution in [2.45, 2.75) is 12.3 Å². The number of nitrogens with zero attached hydrogens (tertiary/aromatic N) is 3. The highest BCUT2D eigenvalue weighted by molar-refractivity contribution is 6.33. The van der Waals surface area contributed by atoms with Gasteiger partial charge in [-0.15, -0.1) is 0 Å². The fourth-order valence-electron chi connectivity index (χ4n) is 2.59. The Hall–Kier alpha value is -1.36. The number of hydrogen-bond acceptors (Lipinski definition) is 4. The van der Waals surface area contributed by atoms with Crippen LogP contribution in [0.15, 0.2) is 30.5 Å². The molecule has 0 saturated carbocycles. The Bertz CT molecular complexity index is 665. The lowest BCUT2D eigenvalue weighted by molar-refractivity contribution is 0.216. The van der Waals surface area contributed by atoms with E-state index in [1.54, 1.807) is 0 Å². The number of benzene rings is 1. The van der Waals surface area contributed by atoms with E-state index in [0.29, 0.717) is 17.4 Å². The van der Waals surface area contributed by atoms with Crippen molar-refractivity contribution >= 4 is 34.7 Å². The van der Waals surface area contributed by atoms with Crippen LogP contribution in [0.25, 0.3) is 0 Å². The smallest absolute Gasteiger partial charge is 0.224 e. The van der Waals surface area contributed by atoms with E-state index < -0.39 is 0 Å². The maximum atomic E-state index is 9.74. The van der Waals surface area contributed by atoms with Gasteiger partial charge in [0.2, 0.25) is 5.28 Å². The van der Waals surface area contributed by atoms with E-state index in [1.165, 1.54) is 6.20 Å². The molecule has 104 valence electrons. The minimum absolute atomic E-state index is 0.0525. The van der Waals surface area contributed by atoms with E-state index in [0.717, 1.165) is 11.3 Å². The van der Waals surface area contributed by atoms with Crippen molar-refractivity contribution in [1.82, 2.24) is 9.97 Å². The molecule has 0 aliphatic carbocycles. The highest BCUT2D eigenvalue weighted by atomic mass is 35.5. The number of aliphatic hydroxyl groups excluding tert-OH is 1. The zero-order valence-corrected chi connectivity index (χ0v) is 12.4. The molecule has 6 heteroatoms. The van der Waals surface area contributed by atoms with E-state index in [1.807, 2.05) is 36.1 Å². The number of aromatic nitrogens is 2. The van der Waals surface area contributed by atoms with Crippen LogP contribution in [0, 0.1) is 0 Å². The lowest BCUT2D eigenvalue weighted by atomic mass is 9.86. The van der Waals surface area contributed by atoms with Gasteiger partial charge >= 0.3 is 0 Å². The monoisotopic (exact) mass is 309 g/mol. The van der Waals surface area contributed by atoms with Crippen molar-refractivity contribution < 1.29 is 5.11 Å². The van der Waals surface area contributed by atoms with E-state index in [2.05, 4.69) is 9.97 Å². The largest absolute Gasteiger partial charge is 0.395 e. The maximum Gasteiger partial charge on any atom is 0.224 e. The number of rotatable bonds is 2. The Balaban J connectivity index is 2.15. The fourth-order valence-corrected chi connectivity index (χ4v) is 2.91. The molecule has 20 heavy (non-hydrogen) atoms. The second kappa shape index (κ2) is 4.88. The Morgan fingerprint density at radius 3 is 2.85 bits per heavy atom. The van der Waals surface area contributed by atoms with Gasteiger partial charge in [-0.2, -0.15) is 4.98 Å². The first-order valence-electron chi connectivity index (χ1n) is 6.21. The van der Waals surface area contributed by atoms with E-state index in [4.69, 9.17) is 23.2 Å².